The Morgan fingerprint density at radius 1 is 1.11 bits per heavy atom. The predicted molar refractivity (Wildman–Crippen MR) is 77.9 cm³/mol. The lowest BCUT2D eigenvalue weighted by Gasteiger charge is -2.27. The molecule has 2 nitrogen and oxygen atoms in total. The quantitative estimate of drug-likeness (QED) is 0.892. The summed E-state index contributed by atoms with van der Waals surface area (Å²) in [5.41, 5.74) is 1.96. The van der Waals surface area contributed by atoms with Crippen molar-refractivity contribution in [1.82, 2.24) is 0 Å². The van der Waals surface area contributed by atoms with Gasteiger partial charge in [0.05, 0.1) is 0 Å². The molecule has 1 aromatic carbocycles. The van der Waals surface area contributed by atoms with Crippen LogP contribution in [-0.2, 0) is 4.79 Å². The first-order valence-electron chi connectivity index (χ1n) is 6.71. The lowest BCUT2D eigenvalue weighted by molar-refractivity contribution is -0.116. The number of carbonyl (C=O) groups is 1. The molecule has 0 saturated heterocycles. The van der Waals surface area contributed by atoms with Crippen molar-refractivity contribution >= 4 is 11.5 Å². The Morgan fingerprint density at radius 3 is 2.74 bits per heavy atom. The highest BCUT2D eigenvalue weighted by Crippen LogP contribution is 2.31. The van der Waals surface area contributed by atoms with Crippen LogP contribution in [0.4, 0.5) is 5.69 Å². The largest absolute Gasteiger partial charge is 0.381 e. The molecule has 0 bridgehead atoms. The SMILES string of the molecule is O=C1CC2C=CC=CC2C=C1CNc1ccccc1. The van der Waals surface area contributed by atoms with Gasteiger partial charge in [0.2, 0.25) is 0 Å². The lowest BCUT2D eigenvalue weighted by atomic mass is 9.78. The van der Waals surface area contributed by atoms with Crippen LogP contribution in [0.25, 0.3) is 0 Å². The Hall–Kier alpha value is -2.09. The van der Waals surface area contributed by atoms with Gasteiger partial charge in [0.25, 0.3) is 0 Å². The Bertz CT molecular complexity index is 554. The van der Waals surface area contributed by atoms with E-state index in [1.165, 1.54) is 0 Å². The van der Waals surface area contributed by atoms with Crippen LogP contribution in [0.1, 0.15) is 6.42 Å². The van der Waals surface area contributed by atoms with Gasteiger partial charge in [-0.3, -0.25) is 4.79 Å². The lowest BCUT2D eigenvalue weighted by Crippen LogP contribution is -2.25. The van der Waals surface area contributed by atoms with Crippen LogP contribution in [0.2, 0.25) is 0 Å². The van der Waals surface area contributed by atoms with Crippen molar-refractivity contribution < 1.29 is 4.79 Å². The van der Waals surface area contributed by atoms with Gasteiger partial charge in [0.15, 0.2) is 5.78 Å². The molecule has 0 aromatic heterocycles. The number of benzene rings is 1. The number of hydrogen-bond donors (Lipinski definition) is 1. The van der Waals surface area contributed by atoms with Crippen LogP contribution < -0.4 is 5.32 Å². The van der Waals surface area contributed by atoms with E-state index >= 15 is 0 Å². The second-order valence-corrected chi connectivity index (χ2v) is 5.05. The van der Waals surface area contributed by atoms with E-state index < -0.39 is 0 Å². The van der Waals surface area contributed by atoms with Crippen molar-refractivity contribution in [3.05, 3.63) is 66.3 Å². The summed E-state index contributed by atoms with van der Waals surface area (Å²) in [4.78, 5) is 12.1. The predicted octanol–water partition coefficient (Wildman–Crippen LogP) is 3.36. The molecular formula is C17H17NO. The fourth-order valence-corrected chi connectivity index (χ4v) is 2.63. The number of ketones is 1. The highest BCUT2D eigenvalue weighted by Gasteiger charge is 2.27. The molecule has 2 unspecified atom stereocenters. The minimum absolute atomic E-state index is 0.268. The molecule has 2 heteroatoms. The van der Waals surface area contributed by atoms with Gasteiger partial charge in [-0.2, -0.15) is 0 Å². The fourth-order valence-electron chi connectivity index (χ4n) is 2.63. The normalized spacial score (nSPS) is 24.8. The van der Waals surface area contributed by atoms with Crippen molar-refractivity contribution in [3.63, 3.8) is 0 Å². The first-order chi connectivity index (χ1) is 9.33. The number of anilines is 1. The highest BCUT2D eigenvalue weighted by molar-refractivity contribution is 5.97. The molecule has 19 heavy (non-hydrogen) atoms. The second kappa shape index (κ2) is 5.27. The number of rotatable bonds is 3. The third-order valence-electron chi connectivity index (χ3n) is 3.73. The number of Topliss-reactive ketones (excluding diaryl/α,β-unsaturated/α-hetero) is 1. The van der Waals surface area contributed by atoms with Gasteiger partial charge < -0.3 is 5.32 Å². The smallest absolute Gasteiger partial charge is 0.160 e. The first-order valence-corrected chi connectivity index (χ1v) is 6.71. The average molecular weight is 251 g/mol. The van der Waals surface area contributed by atoms with E-state index in [2.05, 4.69) is 29.6 Å². The molecule has 3 rings (SSSR count). The van der Waals surface area contributed by atoms with E-state index in [1.54, 1.807) is 0 Å². The van der Waals surface area contributed by atoms with Crippen LogP contribution in [0, 0.1) is 11.8 Å². The van der Waals surface area contributed by atoms with Gasteiger partial charge in [-0.25, -0.2) is 0 Å². The summed E-state index contributed by atoms with van der Waals surface area (Å²) in [5.74, 6) is 1.01. The maximum Gasteiger partial charge on any atom is 0.160 e. The van der Waals surface area contributed by atoms with Crippen molar-refractivity contribution in [1.29, 1.82) is 0 Å². The molecule has 0 saturated carbocycles. The number of allylic oxidation sites excluding steroid dienone is 5. The van der Waals surface area contributed by atoms with Crippen LogP contribution in [0.5, 0.6) is 0 Å². The zero-order valence-corrected chi connectivity index (χ0v) is 10.8. The van der Waals surface area contributed by atoms with Gasteiger partial charge in [0, 0.05) is 30.1 Å². The van der Waals surface area contributed by atoms with Gasteiger partial charge in [-0.1, -0.05) is 48.6 Å². The molecule has 1 aromatic rings. The van der Waals surface area contributed by atoms with E-state index in [0.717, 1.165) is 11.3 Å². The van der Waals surface area contributed by atoms with Gasteiger partial charge in [-0.15, -0.1) is 0 Å². The zero-order valence-electron chi connectivity index (χ0n) is 10.8. The molecule has 2 aliphatic rings. The molecule has 96 valence electrons. The molecule has 0 fully saturated rings. The summed E-state index contributed by atoms with van der Waals surface area (Å²) in [6.45, 7) is 0.615. The summed E-state index contributed by atoms with van der Waals surface area (Å²) < 4.78 is 0. The molecule has 0 amide bonds. The maximum absolute atomic E-state index is 12.1. The summed E-state index contributed by atoms with van der Waals surface area (Å²) >= 11 is 0. The molecule has 0 radical (unpaired) electrons. The zero-order chi connectivity index (χ0) is 13.1. The Balaban J connectivity index is 1.70. The molecule has 2 atom stereocenters. The van der Waals surface area contributed by atoms with Crippen LogP contribution in [0.15, 0.2) is 66.3 Å². The molecule has 1 N–H and O–H groups in total. The van der Waals surface area contributed by atoms with Gasteiger partial charge >= 0.3 is 0 Å². The first kappa shape index (κ1) is 12.0. The van der Waals surface area contributed by atoms with Crippen LogP contribution in [-0.4, -0.2) is 12.3 Å². The highest BCUT2D eigenvalue weighted by atomic mass is 16.1. The summed E-state index contributed by atoms with van der Waals surface area (Å²) in [7, 11) is 0. The van der Waals surface area contributed by atoms with Crippen molar-refractivity contribution in [2.75, 3.05) is 11.9 Å². The van der Waals surface area contributed by atoms with Crippen LogP contribution >= 0.6 is 0 Å². The summed E-state index contributed by atoms with van der Waals surface area (Å²) in [5, 5.41) is 3.31. The number of nitrogens with one attached hydrogen (secondary N) is 1. The maximum atomic E-state index is 12.1. The van der Waals surface area contributed by atoms with E-state index in [0.29, 0.717) is 24.8 Å². The summed E-state index contributed by atoms with van der Waals surface area (Å²) in [6, 6.07) is 9.99. The Labute approximate surface area is 113 Å². The fraction of sp³-hybridized carbons (Fsp3) is 0.235. The van der Waals surface area contributed by atoms with E-state index in [9.17, 15) is 4.79 Å². The average Bonchev–Trinajstić information content (AvgIpc) is 2.46. The molecule has 0 aliphatic heterocycles. The third kappa shape index (κ3) is 2.68. The van der Waals surface area contributed by atoms with E-state index in [4.69, 9.17) is 0 Å². The Morgan fingerprint density at radius 2 is 1.89 bits per heavy atom. The minimum Gasteiger partial charge on any atom is -0.381 e. The topological polar surface area (TPSA) is 29.1 Å². The Kier molecular flexibility index (Phi) is 3.32. The minimum atomic E-state index is 0.268. The molecule has 2 aliphatic carbocycles. The van der Waals surface area contributed by atoms with Gasteiger partial charge in [0.1, 0.15) is 0 Å². The van der Waals surface area contributed by atoms with E-state index in [-0.39, 0.29) is 5.78 Å². The van der Waals surface area contributed by atoms with Crippen molar-refractivity contribution in [2.24, 2.45) is 11.8 Å². The van der Waals surface area contributed by atoms with Gasteiger partial charge in [-0.05, 0) is 18.1 Å². The molecular weight excluding hydrogens is 234 g/mol. The van der Waals surface area contributed by atoms with Crippen molar-refractivity contribution in [2.45, 2.75) is 6.42 Å². The standard InChI is InChI=1S/C17H17NO/c19-17-11-14-7-5-4-6-13(14)10-15(17)12-18-16-8-2-1-3-9-16/h1-10,13-14,18H,11-12H2. The summed E-state index contributed by atoms with van der Waals surface area (Å²) in [6.07, 6.45) is 11.2. The third-order valence-corrected chi connectivity index (χ3v) is 3.73. The number of fused-ring (bicyclic) bond motifs is 1. The number of hydrogen-bond acceptors (Lipinski definition) is 2. The monoisotopic (exact) mass is 251 g/mol. The number of carbonyl (C=O) groups excluding carboxylic acids is 1. The number of para-hydroxylation sites is 1. The second-order valence-electron chi connectivity index (χ2n) is 5.05. The molecule has 0 heterocycles. The molecule has 0 spiro atoms. The van der Waals surface area contributed by atoms with Crippen molar-refractivity contribution in [3.8, 4) is 0 Å². The van der Waals surface area contributed by atoms with E-state index in [1.807, 2.05) is 36.4 Å². The van der Waals surface area contributed by atoms with Crippen LogP contribution in [0.3, 0.4) is 0 Å².